The first-order valence-electron chi connectivity index (χ1n) is 14.1. The summed E-state index contributed by atoms with van der Waals surface area (Å²) in [5, 5.41) is 19.8. The van der Waals surface area contributed by atoms with Gasteiger partial charge in [0.1, 0.15) is 5.82 Å². The Kier molecular flexibility index (Phi) is 8.75. The minimum absolute atomic E-state index is 0.0263. The van der Waals surface area contributed by atoms with Crippen molar-refractivity contribution >= 4 is 17.4 Å². The van der Waals surface area contributed by atoms with Gasteiger partial charge in [-0.05, 0) is 84.8 Å². The fraction of sp³-hybridized carbons (Fsp3) is 0.406. The fourth-order valence-corrected chi connectivity index (χ4v) is 5.87. The zero-order valence-corrected chi connectivity index (χ0v) is 22.7. The average molecular weight is 523 g/mol. The number of carbonyl (C=O) groups excluding carboxylic acids is 1. The van der Waals surface area contributed by atoms with Crippen LogP contribution in [0.2, 0.25) is 0 Å². The molecule has 3 aromatic rings. The van der Waals surface area contributed by atoms with Gasteiger partial charge >= 0.3 is 0 Å². The molecule has 3 atom stereocenters. The Morgan fingerprint density at radius 1 is 1.00 bits per heavy atom. The van der Waals surface area contributed by atoms with Gasteiger partial charge in [0, 0.05) is 56.6 Å². The van der Waals surface area contributed by atoms with Crippen LogP contribution in [-0.2, 0) is 11.3 Å². The molecule has 1 aromatic heterocycles. The van der Waals surface area contributed by atoms with E-state index < -0.39 is 0 Å². The lowest BCUT2D eigenvalue weighted by molar-refractivity contribution is -0.119. The molecular weight excluding hydrogens is 484 g/mol. The van der Waals surface area contributed by atoms with Gasteiger partial charge in [-0.25, -0.2) is 4.98 Å². The van der Waals surface area contributed by atoms with Crippen LogP contribution >= 0.6 is 0 Å². The Hall–Kier alpha value is -3.89. The Balaban J connectivity index is 1.23. The normalized spacial score (nSPS) is 21.1. The lowest BCUT2D eigenvalue weighted by Crippen LogP contribution is -2.54. The number of rotatable bonds is 8. The van der Waals surface area contributed by atoms with E-state index in [2.05, 4.69) is 62.2 Å². The monoisotopic (exact) mass is 522 g/mol. The third-order valence-corrected chi connectivity index (χ3v) is 7.89. The number of benzene rings is 2. The van der Waals surface area contributed by atoms with Crippen molar-refractivity contribution in [1.29, 1.82) is 5.26 Å². The summed E-state index contributed by atoms with van der Waals surface area (Å²) in [5.74, 6) is 0.878. The summed E-state index contributed by atoms with van der Waals surface area (Å²) in [5.41, 5.74) is 5.21. The molecule has 0 bridgehead atoms. The van der Waals surface area contributed by atoms with E-state index in [0.717, 1.165) is 54.9 Å². The number of anilines is 2. The molecule has 7 heteroatoms. The fourth-order valence-electron chi connectivity index (χ4n) is 5.87. The van der Waals surface area contributed by atoms with Crippen LogP contribution in [0.15, 0.2) is 66.9 Å². The predicted molar refractivity (Wildman–Crippen MR) is 156 cm³/mol. The van der Waals surface area contributed by atoms with E-state index in [1.807, 2.05) is 36.5 Å². The summed E-state index contributed by atoms with van der Waals surface area (Å²) in [6, 6.07) is 23.8. The summed E-state index contributed by atoms with van der Waals surface area (Å²) >= 11 is 0. The molecule has 2 heterocycles. The van der Waals surface area contributed by atoms with Crippen LogP contribution in [-0.4, -0.2) is 42.1 Å². The Morgan fingerprint density at radius 3 is 2.59 bits per heavy atom. The zero-order valence-electron chi connectivity index (χ0n) is 22.7. The molecular formula is C32H38N6O. The maximum atomic E-state index is 11.3. The van der Waals surface area contributed by atoms with Crippen molar-refractivity contribution in [1.82, 2.24) is 15.6 Å². The van der Waals surface area contributed by atoms with Crippen molar-refractivity contribution in [2.24, 2.45) is 0 Å². The van der Waals surface area contributed by atoms with Crippen LogP contribution in [0.5, 0.6) is 0 Å². The summed E-state index contributed by atoms with van der Waals surface area (Å²) in [6.07, 6.45) is 8.97. The quantitative estimate of drug-likeness (QED) is 0.375. The van der Waals surface area contributed by atoms with Crippen LogP contribution in [0.25, 0.3) is 11.1 Å². The number of piperidine rings is 1. The van der Waals surface area contributed by atoms with E-state index in [-0.39, 0.29) is 5.91 Å². The molecule has 2 aliphatic rings. The number of carbonyl (C=O) groups is 1. The van der Waals surface area contributed by atoms with Crippen LogP contribution in [0.4, 0.5) is 11.5 Å². The van der Waals surface area contributed by atoms with E-state index in [1.54, 1.807) is 0 Å². The van der Waals surface area contributed by atoms with Crippen LogP contribution in [0.3, 0.4) is 0 Å². The first-order chi connectivity index (χ1) is 19.1. The number of pyridine rings is 1. The highest BCUT2D eigenvalue weighted by atomic mass is 16.1. The van der Waals surface area contributed by atoms with Crippen molar-refractivity contribution in [2.45, 2.75) is 70.1 Å². The van der Waals surface area contributed by atoms with E-state index in [9.17, 15) is 4.79 Å². The highest BCUT2D eigenvalue weighted by Gasteiger charge is 2.29. The van der Waals surface area contributed by atoms with Gasteiger partial charge in [-0.2, -0.15) is 5.26 Å². The second-order valence-corrected chi connectivity index (χ2v) is 10.8. The molecule has 1 saturated heterocycles. The van der Waals surface area contributed by atoms with Gasteiger partial charge in [0.05, 0.1) is 11.6 Å². The van der Waals surface area contributed by atoms with Gasteiger partial charge in [-0.1, -0.05) is 31.0 Å². The third kappa shape index (κ3) is 7.15. The Labute approximate surface area is 231 Å². The molecule has 2 fully saturated rings. The van der Waals surface area contributed by atoms with Crippen molar-refractivity contribution in [3.63, 3.8) is 0 Å². The Morgan fingerprint density at radius 2 is 1.79 bits per heavy atom. The average Bonchev–Trinajstić information content (AvgIpc) is 2.98. The second kappa shape index (κ2) is 12.8. The van der Waals surface area contributed by atoms with Crippen molar-refractivity contribution in [3.05, 3.63) is 78.0 Å². The molecule has 7 nitrogen and oxygen atoms in total. The second-order valence-electron chi connectivity index (χ2n) is 10.8. The number of aromatic nitrogens is 1. The maximum Gasteiger partial charge on any atom is 0.217 e. The van der Waals surface area contributed by atoms with Crippen molar-refractivity contribution < 1.29 is 4.79 Å². The first-order valence-corrected chi connectivity index (χ1v) is 14.1. The number of nitrogens with zero attached hydrogens (tertiary/aromatic N) is 3. The molecule has 202 valence electrons. The summed E-state index contributed by atoms with van der Waals surface area (Å²) < 4.78 is 0. The minimum atomic E-state index is -0.0263. The number of amides is 1. The third-order valence-electron chi connectivity index (χ3n) is 7.89. The topological polar surface area (TPSA) is 93.1 Å². The van der Waals surface area contributed by atoms with Gasteiger partial charge in [0.25, 0.3) is 0 Å². The molecule has 5 rings (SSSR count). The minimum Gasteiger partial charge on any atom is -0.370 e. The molecule has 3 N–H and O–H groups in total. The molecule has 0 unspecified atom stereocenters. The van der Waals surface area contributed by atoms with Gasteiger partial charge in [0.15, 0.2) is 0 Å². The SMILES string of the molecule is CC(=O)NCc1cccc(-c2ccnc(N[C@@H]3CCCC[C@H]3N[C@H]3CCCN(c4ccc(C#N)cc4)C3)c2)c1. The van der Waals surface area contributed by atoms with Crippen LogP contribution in [0, 0.1) is 11.3 Å². The smallest absolute Gasteiger partial charge is 0.217 e. The van der Waals surface area contributed by atoms with E-state index >= 15 is 0 Å². The maximum absolute atomic E-state index is 11.3. The Bertz CT molecular complexity index is 1300. The lowest BCUT2D eigenvalue weighted by atomic mass is 9.89. The molecule has 1 saturated carbocycles. The van der Waals surface area contributed by atoms with Gasteiger partial charge in [0.2, 0.25) is 5.91 Å². The molecule has 1 aliphatic carbocycles. The first kappa shape index (κ1) is 26.7. The van der Waals surface area contributed by atoms with Gasteiger partial charge < -0.3 is 20.9 Å². The number of nitriles is 1. The van der Waals surface area contributed by atoms with Gasteiger partial charge in [-0.15, -0.1) is 0 Å². The molecule has 2 aromatic carbocycles. The largest absolute Gasteiger partial charge is 0.370 e. The van der Waals surface area contributed by atoms with Crippen LogP contribution < -0.4 is 20.9 Å². The zero-order chi connectivity index (χ0) is 27.0. The molecule has 0 radical (unpaired) electrons. The van der Waals surface area contributed by atoms with Crippen molar-refractivity contribution in [3.8, 4) is 17.2 Å². The highest BCUT2D eigenvalue weighted by Crippen LogP contribution is 2.27. The number of nitrogens with one attached hydrogen (secondary N) is 3. The van der Waals surface area contributed by atoms with E-state index in [4.69, 9.17) is 5.26 Å². The van der Waals surface area contributed by atoms with Crippen LogP contribution in [0.1, 0.15) is 56.6 Å². The number of hydrogen-bond acceptors (Lipinski definition) is 6. The molecule has 39 heavy (non-hydrogen) atoms. The summed E-state index contributed by atoms with van der Waals surface area (Å²) in [4.78, 5) is 18.4. The summed E-state index contributed by atoms with van der Waals surface area (Å²) in [6.45, 7) is 4.10. The lowest BCUT2D eigenvalue weighted by Gasteiger charge is -2.40. The van der Waals surface area contributed by atoms with E-state index in [1.165, 1.54) is 31.9 Å². The molecule has 1 amide bonds. The number of hydrogen-bond donors (Lipinski definition) is 3. The highest BCUT2D eigenvalue weighted by molar-refractivity contribution is 5.73. The van der Waals surface area contributed by atoms with Gasteiger partial charge in [-0.3, -0.25) is 4.79 Å². The predicted octanol–water partition coefficient (Wildman–Crippen LogP) is 5.24. The van der Waals surface area contributed by atoms with Crippen molar-refractivity contribution in [2.75, 3.05) is 23.3 Å². The molecule has 1 aliphatic heterocycles. The molecule has 0 spiro atoms. The standard InChI is InChI=1S/C32H38N6O/c1-23(39)35-21-25-6-4-7-26(18-25)27-15-16-34-32(19-27)37-31-10-3-2-9-30(31)36-28-8-5-17-38(22-28)29-13-11-24(20-33)12-14-29/h4,6-7,11-16,18-19,28,30-31,36H,2-3,5,8-10,17,21-22H2,1H3,(H,34,37)(H,35,39)/t28-,30+,31+/m0/s1. The summed E-state index contributed by atoms with van der Waals surface area (Å²) in [7, 11) is 0. The van der Waals surface area contributed by atoms with E-state index in [0.29, 0.717) is 30.2 Å².